The number of likely N-dealkylation sites (N-methyl/N-ethyl adjacent to an activating group) is 1. The average Bonchev–Trinajstić information content (AvgIpc) is 2.49. The molecule has 2 rings (SSSR count). The number of rotatable bonds is 1. The molecule has 1 aliphatic rings. The second kappa shape index (κ2) is 3.08. The minimum Gasteiger partial charge on any atom is -0.342 e. The number of anilines is 1. The molecule has 0 bridgehead atoms. The Labute approximate surface area is 82.4 Å². The van der Waals surface area contributed by atoms with E-state index in [1.165, 1.54) is 0 Å². The van der Waals surface area contributed by atoms with Crippen molar-refractivity contribution in [2.75, 3.05) is 18.5 Å². The van der Waals surface area contributed by atoms with E-state index < -0.39 is 0 Å². The van der Waals surface area contributed by atoms with Gasteiger partial charge in [0, 0.05) is 26.1 Å². The van der Waals surface area contributed by atoms with Gasteiger partial charge >= 0.3 is 0 Å². The molecule has 76 valence electrons. The molecule has 0 N–H and O–H groups in total. The highest BCUT2D eigenvalue weighted by Gasteiger charge is 2.21. The molecule has 2 heterocycles. The van der Waals surface area contributed by atoms with Crippen LogP contribution in [0.25, 0.3) is 0 Å². The van der Waals surface area contributed by atoms with Gasteiger partial charge in [0.2, 0.25) is 5.95 Å². The Balaban J connectivity index is 2.59. The van der Waals surface area contributed by atoms with Crippen LogP contribution in [-0.4, -0.2) is 28.4 Å². The fourth-order valence-electron chi connectivity index (χ4n) is 1.62. The summed E-state index contributed by atoms with van der Waals surface area (Å²) in [5.41, 5.74) is 0.568. The molecule has 0 amide bonds. The highest BCUT2D eigenvalue weighted by molar-refractivity contribution is 5.32. The zero-order chi connectivity index (χ0) is 10.3. The predicted octanol–water partition coefficient (Wildman–Crippen LogP) is 0.212. The maximum atomic E-state index is 11.9. The van der Waals surface area contributed by atoms with E-state index in [1.807, 2.05) is 25.8 Å². The molecule has 0 spiro atoms. The fourth-order valence-corrected chi connectivity index (χ4v) is 1.62. The lowest BCUT2D eigenvalue weighted by molar-refractivity contribution is 0.678. The molecule has 0 aromatic carbocycles. The molecular weight excluding hydrogens is 180 g/mol. The maximum Gasteiger partial charge on any atom is 0.277 e. The van der Waals surface area contributed by atoms with Crippen molar-refractivity contribution in [1.29, 1.82) is 0 Å². The molecule has 0 fully saturated rings. The second-order valence-corrected chi connectivity index (χ2v) is 3.92. The maximum absolute atomic E-state index is 11.9. The average molecular weight is 194 g/mol. The SMILES string of the molecule is CC(C)c1nnc2n(c1=O)CCN2C. The zero-order valence-corrected chi connectivity index (χ0v) is 8.69. The molecule has 14 heavy (non-hydrogen) atoms. The van der Waals surface area contributed by atoms with Gasteiger partial charge in [-0.1, -0.05) is 13.8 Å². The molecule has 1 aliphatic heterocycles. The Kier molecular flexibility index (Phi) is 2.02. The topological polar surface area (TPSA) is 51.0 Å². The van der Waals surface area contributed by atoms with Crippen molar-refractivity contribution in [3.63, 3.8) is 0 Å². The van der Waals surface area contributed by atoms with Crippen molar-refractivity contribution in [3.8, 4) is 0 Å². The summed E-state index contributed by atoms with van der Waals surface area (Å²) in [5.74, 6) is 0.818. The van der Waals surface area contributed by atoms with Gasteiger partial charge in [0.25, 0.3) is 5.56 Å². The number of aromatic nitrogens is 3. The molecule has 0 saturated heterocycles. The van der Waals surface area contributed by atoms with E-state index in [0.29, 0.717) is 11.6 Å². The van der Waals surface area contributed by atoms with Gasteiger partial charge in [-0.05, 0) is 0 Å². The molecule has 1 aromatic rings. The Morgan fingerprint density at radius 1 is 1.29 bits per heavy atom. The lowest BCUT2D eigenvalue weighted by Gasteiger charge is -2.09. The summed E-state index contributed by atoms with van der Waals surface area (Å²) in [6.07, 6.45) is 0. The Morgan fingerprint density at radius 2 is 2.00 bits per heavy atom. The standard InChI is InChI=1S/C9H14N4O/c1-6(2)7-8(14)13-5-4-12(3)9(13)11-10-7/h6H,4-5H2,1-3H3. The van der Waals surface area contributed by atoms with Crippen LogP contribution in [0.5, 0.6) is 0 Å². The quantitative estimate of drug-likeness (QED) is 0.641. The minimum absolute atomic E-state index is 0.00866. The predicted molar refractivity (Wildman–Crippen MR) is 53.7 cm³/mol. The van der Waals surface area contributed by atoms with Crippen LogP contribution in [0.3, 0.4) is 0 Å². The minimum atomic E-state index is 0.00866. The first kappa shape index (κ1) is 9.18. The van der Waals surface area contributed by atoms with Crippen LogP contribution in [0.1, 0.15) is 25.5 Å². The highest BCUT2D eigenvalue weighted by Crippen LogP contribution is 2.14. The van der Waals surface area contributed by atoms with Gasteiger partial charge in [-0.2, -0.15) is 0 Å². The Hall–Kier alpha value is -1.39. The fraction of sp³-hybridized carbons (Fsp3) is 0.667. The zero-order valence-electron chi connectivity index (χ0n) is 8.69. The van der Waals surface area contributed by atoms with E-state index in [4.69, 9.17) is 0 Å². The molecule has 1 aromatic heterocycles. The monoisotopic (exact) mass is 194 g/mol. The number of nitrogens with zero attached hydrogens (tertiary/aromatic N) is 4. The summed E-state index contributed by atoms with van der Waals surface area (Å²) >= 11 is 0. The van der Waals surface area contributed by atoms with Gasteiger partial charge in [-0.15, -0.1) is 10.2 Å². The molecular formula is C9H14N4O. The van der Waals surface area contributed by atoms with Crippen molar-refractivity contribution in [1.82, 2.24) is 14.8 Å². The Morgan fingerprint density at radius 3 is 2.64 bits per heavy atom. The summed E-state index contributed by atoms with van der Waals surface area (Å²) in [6.45, 7) is 5.47. The first-order valence-electron chi connectivity index (χ1n) is 4.80. The number of hydrogen-bond donors (Lipinski definition) is 0. The van der Waals surface area contributed by atoms with Gasteiger partial charge in [-0.3, -0.25) is 9.36 Å². The molecule has 0 atom stereocenters. The first-order chi connectivity index (χ1) is 6.61. The normalized spacial score (nSPS) is 15.0. The number of hydrogen-bond acceptors (Lipinski definition) is 4. The molecule has 0 saturated carbocycles. The lowest BCUT2D eigenvalue weighted by Crippen LogP contribution is -2.26. The molecule has 0 radical (unpaired) electrons. The van der Waals surface area contributed by atoms with E-state index in [0.717, 1.165) is 13.1 Å². The van der Waals surface area contributed by atoms with Crippen LogP contribution < -0.4 is 10.5 Å². The molecule has 0 unspecified atom stereocenters. The lowest BCUT2D eigenvalue weighted by atomic mass is 10.1. The first-order valence-corrected chi connectivity index (χ1v) is 4.80. The third-order valence-electron chi connectivity index (χ3n) is 2.50. The summed E-state index contributed by atoms with van der Waals surface area (Å²) in [6, 6.07) is 0. The summed E-state index contributed by atoms with van der Waals surface area (Å²) in [7, 11) is 1.92. The van der Waals surface area contributed by atoms with Crippen molar-refractivity contribution in [2.24, 2.45) is 0 Å². The van der Waals surface area contributed by atoms with E-state index in [2.05, 4.69) is 10.2 Å². The highest BCUT2D eigenvalue weighted by atomic mass is 16.1. The van der Waals surface area contributed by atoms with Crippen LogP contribution in [0.2, 0.25) is 0 Å². The van der Waals surface area contributed by atoms with E-state index in [9.17, 15) is 4.79 Å². The van der Waals surface area contributed by atoms with Crippen molar-refractivity contribution >= 4 is 5.95 Å². The van der Waals surface area contributed by atoms with Crippen molar-refractivity contribution in [3.05, 3.63) is 16.0 Å². The van der Waals surface area contributed by atoms with E-state index in [1.54, 1.807) is 4.57 Å². The molecule has 5 heteroatoms. The molecule has 5 nitrogen and oxygen atoms in total. The van der Waals surface area contributed by atoms with Crippen molar-refractivity contribution < 1.29 is 0 Å². The smallest absolute Gasteiger partial charge is 0.277 e. The summed E-state index contributed by atoms with van der Waals surface area (Å²) in [4.78, 5) is 13.8. The van der Waals surface area contributed by atoms with Crippen LogP contribution in [0.4, 0.5) is 5.95 Å². The summed E-state index contributed by atoms with van der Waals surface area (Å²) < 4.78 is 1.70. The van der Waals surface area contributed by atoms with Gasteiger partial charge in [-0.25, -0.2) is 0 Å². The third kappa shape index (κ3) is 1.20. The molecule has 0 aliphatic carbocycles. The van der Waals surface area contributed by atoms with E-state index >= 15 is 0 Å². The van der Waals surface area contributed by atoms with Crippen LogP contribution in [0, 0.1) is 0 Å². The van der Waals surface area contributed by atoms with E-state index in [-0.39, 0.29) is 11.5 Å². The van der Waals surface area contributed by atoms with Crippen LogP contribution >= 0.6 is 0 Å². The second-order valence-electron chi connectivity index (χ2n) is 3.92. The largest absolute Gasteiger partial charge is 0.342 e. The Bertz CT molecular complexity index is 410. The van der Waals surface area contributed by atoms with Gasteiger partial charge in [0.1, 0.15) is 5.69 Å². The van der Waals surface area contributed by atoms with Gasteiger partial charge in [0.05, 0.1) is 0 Å². The third-order valence-corrected chi connectivity index (χ3v) is 2.50. The summed E-state index contributed by atoms with van der Waals surface area (Å²) in [5, 5.41) is 8.04. The van der Waals surface area contributed by atoms with Crippen molar-refractivity contribution in [2.45, 2.75) is 26.3 Å². The van der Waals surface area contributed by atoms with Gasteiger partial charge in [0.15, 0.2) is 0 Å². The van der Waals surface area contributed by atoms with Gasteiger partial charge < -0.3 is 4.90 Å². The number of fused-ring (bicyclic) bond motifs is 1. The van der Waals surface area contributed by atoms with Crippen LogP contribution in [0.15, 0.2) is 4.79 Å². The van der Waals surface area contributed by atoms with Crippen LogP contribution in [-0.2, 0) is 6.54 Å².